The van der Waals surface area contributed by atoms with Crippen molar-refractivity contribution in [3.05, 3.63) is 82.3 Å². The molecule has 158 valence electrons. The number of nitrogens with one attached hydrogen (secondary N) is 1. The molecule has 1 N–H and O–H groups in total. The second-order valence-electron chi connectivity index (χ2n) is 8.81. The number of hydrogen-bond donors (Lipinski definition) is 1. The van der Waals surface area contributed by atoms with Crippen molar-refractivity contribution in [1.82, 2.24) is 14.8 Å². The van der Waals surface area contributed by atoms with Crippen molar-refractivity contribution in [3.63, 3.8) is 0 Å². The van der Waals surface area contributed by atoms with Crippen LogP contribution in [0.3, 0.4) is 0 Å². The number of Topliss-reactive ketones (excluding diaryl/α,β-unsaturated/α-hetero) is 1. The average Bonchev–Trinajstić information content (AvgIpc) is 3.19. The molecule has 0 radical (unpaired) electrons. The Morgan fingerprint density at radius 3 is 2.77 bits per heavy atom. The summed E-state index contributed by atoms with van der Waals surface area (Å²) in [5.74, 6) is 1.46. The van der Waals surface area contributed by atoms with Crippen molar-refractivity contribution >= 4 is 23.3 Å². The van der Waals surface area contributed by atoms with E-state index in [0.29, 0.717) is 29.7 Å². The molecule has 2 heterocycles. The zero-order valence-electron chi connectivity index (χ0n) is 17.4. The smallest absolute Gasteiger partial charge is 0.226 e. The van der Waals surface area contributed by atoms with Crippen LogP contribution in [0.4, 0.5) is 5.95 Å². The van der Waals surface area contributed by atoms with Crippen LogP contribution in [-0.2, 0) is 11.4 Å². The number of halogens is 1. The Morgan fingerprint density at radius 1 is 1.16 bits per heavy atom. The first-order valence-corrected chi connectivity index (χ1v) is 10.7. The van der Waals surface area contributed by atoms with Crippen LogP contribution >= 0.6 is 11.6 Å². The molecule has 1 aliphatic carbocycles. The largest absolute Gasteiger partial charge is 0.488 e. The number of ether oxygens (including phenoxy) is 1. The summed E-state index contributed by atoms with van der Waals surface area (Å²) in [4.78, 5) is 17.6. The maximum absolute atomic E-state index is 13.3. The molecule has 0 amide bonds. The van der Waals surface area contributed by atoms with Gasteiger partial charge >= 0.3 is 0 Å². The maximum atomic E-state index is 13.3. The molecule has 31 heavy (non-hydrogen) atoms. The molecule has 3 aromatic rings. The molecule has 2 aliphatic rings. The lowest BCUT2D eigenvalue weighted by atomic mass is 9.73. The van der Waals surface area contributed by atoms with Crippen molar-refractivity contribution in [3.8, 4) is 5.75 Å². The van der Waals surface area contributed by atoms with E-state index in [2.05, 4.69) is 29.2 Å². The van der Waals surface area contributed by atoms with Gasteiger partial charge in [-0.2, -0.15) is 10.1 Å². The first-order chi connectivity index (χ1) is 14.9. The van der Waals surface area contributed by atoms with Gasteiger partial charge in [0.25, 0.3) is 0 Å². The summed E-state index contributed by atoms with van der Waals surface area (Å²) in [6, 6.07) is 15.0. The van der Waals surface area contributed by atoms with Crippen LogP contribution in [0, 0.1) is 5.41 Å². The Kier molecular flexibility index (Phi) is 4.82. The summed E-state index contributed by atoms with van der Waals surface area (Å²) in [5, 5.41) is 8.43. The number of para-hydroxylation sites is 1. The van der Waals surface area contributed by atoms with E-state index in [1.165, 1.54) is 6.33 Å². The zero-order valence-corrected chi connectivity index (χ0v) is 18.2. The van der Waals surface area contributed by atoms with Gasteiger partial charge in [-0.3, -0.25) is 4.79 Å². The van der Waals surface area contributed by atoms with Crippen molar-refractivity contribution in [2.45, 2.75) is 39.3 Å². The summed E-state index contributed by atoms with van der Waals surface area (Å²) in [6.45, 7) is 4.56. The van der Waals surface area contributed by atoms with Gasteiger partial charge in [-0.15, -0.1) is 0 Å². The van der Waals surface area contributed by atoms with Gasteiger partial charge in [0.05, 0.1) is 0 Å². The molecule has 0 fully saturated rings. The van der Waals surface area contributed by atoms with Crippen LogP contribution in [0.25, 0.3) is 0 Å². The highest BCUT2D eigenvalue weighted by Crippen LogP contribution is 2.46. The molecule has 2 aromatic carbocycles. The van der Waals surface area contributed by atoms with Crippen molar-refractivity contribution < 1.29 is 9.53 Å². The van der Waals surface area contributed by atoms with Gasteiger partial charge in [0, 0.05) is 33.8 Å². The summed E-state index contributed by atoms with van der Waals surface area (Å²) < 4.78 is 7.98. The number of ketones is 1. The van der Waals surface area contributed by atoms with Gasteiger partial charge in [-0.1, -0.05) is 61.8 Å². The van der Waals surface area contributed by atoms with E-state index in [9.17, 15) is 4.79 Å². The molecule has 0 spiro atoms. The number of anilines is 1. The van der Waals surface area contributed by atoms with E-state index in [1.54, 1.807) is 4.68 Å². The predicted molar refractivity (Wildman–Crippen MR) is 119 cm³/mol. The van der Waals surface area contributed by atoms with E-state index in [4.69, 9.17) is 16.3 Å². The molecule has 0 saturated carbocycles. The fraction of sp³-hybridized carbons (Fsp3) is 0.292. The van der Waals surface area contributed by atoms with Gasteiger partial charge in [-0.05, 0) is 24.0 Å². The first kappa shape index (κ1) is 19.8. The molecule has 1 atom stereocenters. The Labute approximate surface area is 185 Å². The summed E-state index contributed by atoms with van der Waals surface area (Å²) >= 11 is 6.31. The lowest BCUT2D eigenvalue weighted by Gasteiger charge is -2.38. The van der Waals surface area contributed by atoms with Crippen LogP contribution in [0.2, 0.25) is 5.02 Å². The normalized spacial score (nSPS) is 19.5. The van der Waals surface area contributed by atoms with Crippen LogP contribution in [-0.4, -0.2) is 20.5 Å². The number of rotatable bonds is 4. The number of carbonyl (C=O) groups is 1. The standard InChI is InChI=1S/C24H23ClN4O2/c1-24(2)11-18-21(19(30)12-24)22(29-23(28-18)26-14-27-29)16-8-4-6-10-20(16)31-13-15-7-3-5-9-17(15)25/h3-10,14,22H,11-13H2,1-2H3,(H,26,27,28). The highest BCUT2D eigenvalue weighted by atomic mass is 35.5. The lowest BCUT2D eigenvalue weighted by Crippen LogP contribution is -2.36. The third-order valence-electron chi connectivity index (χ3n) is 5.83. The van der Waals surface area contributed by atoms with Crippen LogP contribution < -0.4 is 10.1 Å². The van der Waals surface area contributed by atoms with E-state index >= 15 is 0 Å². The Balaban J connectivity index is 1.57. The number of nitrogens with zero attached hydrogens (tertiary/aromatic N) is 3. The van der Waals surface area contributed by atoms with E-state index in [1.807, 2.05) is 48.5 Å². The van der Waals surface area contributed by atoms with Gasteiger partial charge in [0.15, 0.2) is 5.78 Å². The number of aromatic nitrogens is 3. The quantitative estimate of drug-likeness (QED) is 0.613. The SMILES string of the molecule is CC1(C)CC(=O)C2=C(C1)Nc1ncnn1C2c1ccccc1OCc1ccccc1Cl. The van der Waals surface area contributed by atoms with E-state index in [-0.39, 0.29) is 17.2 Å². The summed E-state index contributed by atoms with van der Waals surface area (Å²) in [5.41, 5.74) is 3.35. The molecule has 0 saturated heterocycles. The molecular formula is C24H23ClN4O2. The van der Waals surface area contributed by atoms with E-state index < -0.39 is 0 Å². The minimum Gasteiger partial charge on any atom is -0.488 e. The minimum atomic E-state index is -0.389. The molecule has 5 rings (SSSR count). The molecule has 7 heteroatoms. The molecule has 1 unspecified atom stereocenters. The zero-order chi connectivity index (χ0) is 21.6. The van der Waals surface area contributed by atoms with Gasteiger partial charge in [0.2, 0.25) is 5.95 Å². The predicted octanol–water partition coefficient (Wildman–Crippen LogP) is 5.17. The topological polar surface area (TPSA) is 69.0 Å². The number of hydrogen-bond acceptors (Lipinski definition) is 5. The van der Waals surface area contributed by atoms with Gasteiger partial charge in [0.1, 0.15) is 24.7 Å². The third kappa shape index (κ3) is 3.61. The minimum absolute atomic E-state index is 0.101. The Bertz CT molecular complexity index is 1200. The lowest BCUT2D eigenvalue weighted by molar-refractivity contribution is -0.118. The van der Waals surface area contributed by atoms with Crippen LogP contribution in [0.15, 0.2) is 66.1 Å². The van der Waals surface area contributed by atoms with Crippen molar-refractivity contribution in [2.24, 2.45) is 5.41 Å². The van der Waals surface area contributed by atoms with Crippen molar-refractivity contribution in [1.29, 1.82) is 0 Å². The monoisotopic (exact) mass is 434 g/mol. The molecule has 6 nitrogen and oxygen atoms in total. The maximum Gasteiger partial charge on any atom is 0.226 e. The van der Waals surface area contributed by atoms with Crippen molar-refractivity contribution in [2.75, 3.05) is 5.32 Å². The number of allylic oxidation sites excluding steroid dienone is 2. The fourth-order valence-corrected chi connectivity index (χ4v) is 4.64. The van der Waals surface area contributed by atoms with E-state index in [0.717, 1.165) is 28.8 Å². The fourth-order valence-electron chi connectivity index (χ4n) is 4.45. The van der Waals surface area contributed by atoms with Crippen LogP contribution in [0.1, 0.15) is 43.9 Å². The highest BCUT2D eigenvalue weighted by molar-refractivity contribution is 6.31. The number of benzene rings is 2. The molecule has 1 aliphatic heterocycles. The number of fused-ring (bicyclic) bond motifs is 1. The Morgan fingerprint density at radius 2 is 1.94 bits per heavy atom. The average molecular weight is 435 g/mol. The third-order valence-corrected chi connectivity index (χ3v) is 6.20. The van der Waals surface area contributed by atoms with Crippen LogP contribution in [0.5, 0.6) is 5.75 Å². The second kappa shape index (κ2) is 7.54. The highest BCUT2D eigenvalue weighted by Gasteiger charge is 2.42. The molecule has 0 bridgehead atoms. The Hall–Kier alpha value is -3.12. The first-order valence-electron chi connectivity index (χ1n) is 10.3. The molecule has 1 aromatic heterocycles. The number of carbonyl (C=O) groups excluding carboxylic acids is 1. The van der Waals surface area contributed by atoms with Gasteiger partial charge in [-0.25, -0.2) is 4.68 Å². The van der Waals surface area contributed by atoms with Gasteiger partial charge < -0.3 is 10.1 Å². The second-order valence-corrected chi connectivity index (χ2v) is 9.21. The summed E-state index contributed by atoms with van der Waals surface area (Å²) in [7, 11) is 0. The molecular weight excluding hydrogens is 412 g/mol. The summed E-state index contributed by atoms with van der Waals surface area (Å²) in [6.07, 6.45) is 2.79.